The SMILES string of the molecule is C=CCOC(=O)N=C(N)c1ccc(NC(C(=O)OCC)c2cc(OCC)c(OCCO)cc2F)cc1. The maximum atomic E-state index is 15.1. The Kier molecular flexibility index (Phi) is 11.2. The van der Waals surface area contributed by atoms with E-state index in [9.17, 15) is 9.59 Å². The maximum absolute atomic E-state index is 15.1. The molecule has 0 aliphatic rings. The van der Waals surface area contributed by atoms with Crippen LogP contribution in [0.2, 0.25) is 0 Å². The minimum absolute atomic E-state index is 0.00380. The van der Waals surface area contributed by atoms with Gasteiger partial charge < -0.3 is 35.1 Å². The lowest BCUT2D eigenvalue weighted by Gasteiger charge is -2.21. The lowest BCUT2D eigenvalue weighted by atomic mass is 10.0. The van der Waals surface area contributed by atoms with Gasteiger partial charge in [-0.15, -0.1) is 0 Å². The summed E-state index contributed by atoms with van der Waals surface area (Å²) in [6, 6.07) is 7.53. The number of benzene rings is 2. The molecule has 2 aromatic carbocycles. The summed E-state index contributed by atoms with van der Waals surface area (Å²) in [6.07, 6.45) is 0.545. The summed E-state index contributed by atoms with van der Waals surface area (Å²) in [5.74, 6) is -1.20. The van der Waals surface area contributed by atoms with Crippen molar-refractivity contribution in [2.24, 2.45) is 10.7 Å². The second-order valence-corrected chi connectivity index (χ2v) is 7.09. The summed E-state index contributed by atoms with van der Waals surface area (Å²) in [5.41, 5.74) is 6.70. The van der Waals surface area contributed by atoms with E-state index in [1.807, 2.05) is 0 Å². The van der Waals surface area contributed by atoms with Crippen molar-refractivity contribution in [3.8, 4) is 11.5 Å². The largest absolute Gasteiger partial charge is 0.490 e. The fourth-order valence-electron chi connectivity index (χ4n) is 3.03. The van der Waals surface area contributed by atoms with Crippen molar-refractivity contribution in [3.63, 3.8) is 0 Å². The summed E-state index contributed by atoms with van der Waals surface area (Å²) < 4.78 is 35.9. The van der Waals surface area contributed by atoms with Crippen LogP contribution in [0.4, 0.5) is 14.9 Å². The summed E-state index contributed by atoms with van der Waals surface area (Å²) in [4.78, 5) is 28.0. The number of rotatable bonds is 13. The van der Waals surface area contributed by atoms with Gasteiger partial charge in [-0.1, -0.05) is 12.7 Å². The predicted octanol–water partition coefficient (Wildman–Crippen LogP) is 3.34. The summed E-state index contributed by atoms with van der Waals surface area (Å²) >= 11 is 0. The fourth-order valence-corrected chi connectivity index (χ4v) is 3.03. The van der Waals surface area contributed by atoms with Gasteiger partial charge in [0.25, 0.3) is 0 Å². The van der Waals surface area contributed by atoms with Crippen LogP contribution in [0.1, 0.15) is 31.0 Å². The number of anilines is 1. The van der Waals surface area contributed by atoms with Crippen molar-refractivity contribution >= 4 is 23.6 Å². The topological polar surface area (TPSA) is 142 Å². The molecular formula is C25H30FN3O7. The van der Waals surface area contributed by atoms with E-state index in [4.69, 9.17) is 29.8 Å². The molecule has 0 bridgehead atoms. The van der Waals surface area contributed by atoms with Crippen LogP contribution < -0.4 is 20.5 Å². The number of hydrogen-bond donors (Lipinski definition) is 3. The summed E-state index contributed by atoms with van der Waals surface area (Å²) in [6.45, 7) is 6.87. The molecule has 0 fully saturated rings. The van der Waals surface area contributed by atoms with E-state index >= 15 is 4.39 Å². The van der Waals surface area contributed by atoms with Crippen molar-refractivity contribution < 1.29 is 38.0 Å². The van der Waals surface area contributed by atoms with Crippen molar-refractivity contribution in [2.45, 2.75) is 19.9 Å². The average Bonchev–Trinajstić information content (AvgIpc) is 2.86. The second kappa shape index (κ2) is 14.3. The third-order valence-electron chi connectivity index (χ3n) is 4.57. The number of amides is 1. The van der Waals surface area contributed by atoms with Crippen molar-refractivity contribution in [1.29, 1.82) is 0 Å². The molecular weight excluding hydrogens is 473 g/mol. The van der Waals surface area contributed by atoms with E-state index in [0.717, 1.165) is 6.07 Å². The standard InChI is InChI=1S/C25H30FN3O7/c1-4-12-36-25(32)29-23(27)16-7-9-17(10-8-16)28-22(24(31)34-6-3)18-14-20(33-5-2)21(15-19(18)26)35-13-11-30/h4,7-10,14-15,22,28,30H,1,5-6,11-13H2,2-3H3,(H2,27,29,32). The molecule has 0 aliphatic carbocycles. The average molecular weight is 504 g/mol. The van der Waals surface area contributed by atoms with E-state index in [1.165, 1.54) is 12.1 Å². The monoisotopic (exact) mass is 503 g/mol. The van der Waals surface area contributed by atoms with Crippen LogP contribution in [0.25, 0.3) is 0 Å². The number of hydrogen-bond acceptors (Lipinski definition) is 8. The Morgan fingerprint density at radius 1 is 1.14 bits per heavy atom. The first-order valence-corrected chi connectivity index (χ1v) is 11.2. The minimum Gasteiger partial charge on any atom is -0.490 e. The number of nitrogens with zero attached hydrogens (tertiary/aromatic N) is 1. The quantitative estimate of drug-likeness (QED) is 0.162. The number of aliphatic imine (C=N–C) groups is 1. The zero-order chi connectivity index (χ0) is 26.5. The number of nitrogens with one attached hydrogen (secondary N) is 1. The first-order chi connectivity index (χ1) is 17.3. The molecule has 36 heavy (non-hydrogen) atoms. The van der Waals surface area contributed by atoms with Gasteiger partial charge in [0.05, 0.1) is 19.8 Å². The highest BCUT2D eigenvalue weighted by atomic mass is 19.1. The molecule has 0 heterocycles. The van der Waals surface area contributed by atoms with Crippen LogP contribution in [0.3, 0.4) is 0 Å². The molecule has 0 aliphatic heterocycles. The van der Waals surface area contributed by atoms with Crippen LogP contribution >= 0.6 is 0 Å². The Morgan fingerprint density at radius 2 is 1.83 bits per heavy atom. The Bertz CT molecular complexity index is 1070. The summed E-state index contributed by atoms with van der Waals surface area (Å²) in [7, 11) is 0. The Balaban J connectivity index is 2.35. The lowest BCUT2D eigenvalue weighted by molar-refractivity contribution is -0.144. The van der Waals surface area contributed by atoms with E-state index in [1.54, 1.807) is 38.1 Å². The molecule has 2 aromatic rings. The second-order valence-electron chi connectivity index (χ2n) is 7.09. The highest BCUT2D eigenvalue weighted by Crippen LogP contribution is 2.35. The number of amidine groups is 1. The van der Waals surface area contributed by atoms with Gasteiger partial charge in [0, 0.05) is 22.9 Å². The van der Waals surface area contributed by atoms with Crippen molar-refractivity contribution in [2.75, 3.05) is 38.4 Å². The number of nitrogens with two attached hydrogens (primary N) is 1. The van der Waals surface area contributed by atoms with Crippen molar-refractivity contribution in [1.82, 2.24) is 0 Å². The predicted molar refractivity (Wildman–Crippen MR) is 132 cm³/mol. The van der Waals surface area contributed by atoms with Crippen LogP contribution in [-0.2, 0) is 14.3 Å². The molecule has 0 spiro atoms. The van der Waals surface area contributed by atoms with Crippen LogP contribution in [0, 0.1) is 5.82 Å². The Labute approximate surface area is 208 Å². The molecule has 1 atom stereocenters. The van der Waals surface area contributed by atoms with E-state index < -0.39 is 23.9 Å². The zero-order valence-electron chi connectivity index (χ0n) is 20.2. The molecule has 10 nitrogen and oxygen atoms in total. The van der Waals surface area contributed by atoms with Crippen LogP contribution in [-0.4, -0.2) is 56.0 Å². The van der Waals surface area contributed by atoms with Crippen LogP contribution in [0.5, 0.6) is 11.5 Å². The molecule has 1 amide bonds. The Morgan fingerprint density at radius 3 is 2.44 bits per heavy atom. The van der Waals surface area contributed by atoms with Gasteiger partial charge in [-0.3, -0.25) is 0 Å². The number of ether oxygens (including phenoxy) is 4. The van der Waals surface area contributed by atoms with Gasteiger partial charge in [-0.25, -0.2) is 14.0 Å². The molecule has 194 valence electrons. The normalized spacial score (nSPS) is 11.8. The smallest absolute Gasteiger partial charge is 0.435 e. The molecule has 1 unspecified atom stereocenters. The lowest BCUT2D eigenvalue weighted by Crippen LogP contribution is -2.25. The number of esters is 1. The third kappa shape index (κ3) is 7.98. The molecule has 4 N–H and O–H groups in total. The molecule has 0 saturated heterocycles. The molecule has 2 rings (SSSR count). The summed E-state index contributed by atoms with van der Waals surface area (Å²) in [5, 5.41) is 12.0. The number of halogens is 1. The Hall–Kier alpha value is -4.12. The van der Waals surface area contributed by atoms with Gasteiger partial charge >= 0.3 is 12.1 Å². The first-order valence-electron chi connectivity index (χ1n) is 11.2. The number of aliphatic hydroxyl groups is 1. The molecule has 0 aromatic heterocycles. The first kappa shape index (κ1) is 28.1. The number of aliphatic hydroxyl groups excluding tert-OH is 1. The minimum atomic E-state index is -1.22. The highest BCUT2D eigenvalue weighted by molar-refractivity contribution is 6.03. The number of carbonyl (C=O) groups excluding carboxylic acids is 2. The maximum Gasteiger partial charge on any atom is 0.435 e. The van der Waals surface area contributed by atoms with Crippen LogP contribution in [0.15, 0.2) is 54.0 Å². The number of carbonyl (C=O) groups is 2. The van der Waals surface area contributed by atoms with E-state index in [0.29, 0.717) is 11.3 Å². The van der Waals surface area contributed by atoms with E-state index in [-0.39, 0.29) is 55.9 Å². The van der Waals surface area contributed by atoms with Gasteiger partial charge in [0.15, 0.2) is 17.5 Å². The van der Waals surface area contributed by atoms with Gasteiger partial charge in [0.1, 0.15) is 24.9 Å². The molecule has 0 saturated carbocycles. The van der Waals surface area contributed by atoms with E-state index in [2.05, 4.69) is 16.9 Å². The van der Waals surface area contributed by atoms with Gasteiger partial charge in [-0.2, -0.15) is 4.99 Å². The molecule has 11 heteroatoms. The van der Waals surface area contributed by atoms with Gasteiger partial charge in [0.2, 0.25) is 0 Å². The van der Waals surface area contributed by atoms with Crippen molar-refractivity contribution in [3.05, 3.63) is 66.0 Å². The van der Waals surface area contributed by atoms with Gasteiger partial charge in [-0.05, 0) is 44.2 Å². The molecule has 0 radical (unpaired) electrons. The third-order valence-corrected chi connectivity index (χ3v) is 4.57. The highest BCUT2D eigenvalue weighted by Gasteiger charge is 2.27. The zero-order valence-corrected chi connectivity index (χ0v) is 20.2. The fraction of sp³-hybridized carbons (Fsp3) is 0.320.